The maximum absolute atomic E-state index is 5.33. The third-order valence-electron chi connectivity index (χ3n) is 2.89. The van der Waals surface area contributed by atoms with Crippen LogP contribution >= 0.6 is 0 Å². The molecule has 1 aliphatic heterocycles. The molecule has 0 amide bonds. The van der Waals surface area contributed by atoms with Gasteiger partial charge in [-0.25, -0.2) is 0 Å². The van der Waals surface area contributed by atoms with Crippen LogP contribution in [0.4, 0.5) is 0 Å². The zero-order valence-electron chi connectivity index (χ0n) is 9.11. The lowest BCUT2D eigenvalue weighted by Crippen LogP contribution is -2.25. The van der Waals surface area contributed by atoms with E-state index >= 15 is 0 Å². The molecule has 0 aliphatic carbocycles. The fourth-order valence-electron chi connectivity index (χ4n) is 1.93. The van der Waals surface area contributed by atoms with Gasteiger partial charge in [0, 0.05) is 13.2 Å². The van der Waals surface area contributed by atoms with Crippen molar-refractivity contribution in [1.29, 1.82) is 0 Å². The Kier molecular flexibility index (Phi) is 4.18. The first-order chi connectivity index (χ1) is 7.45. The third-order valence-corrected chi connectivity index (χ3v) is 2.89. The Morgan fingerprint density at radius 1 is 1.27 bits per heavy atom. The summed E-state index contributed by atoms with van der Waals surface area (Å²) in [6.45, 7) is 4.07. The molecule has 1 N–H and O–H groups in total. The monoisotopic (exact) mass is 205 g/mol. The van der Waals surface area contributed by atoms with Gasteiger partial charge >= 0.3 is 0 Å². The minimum atomic E-state index is 0.737. The molecule has 2 nitrogen and oxygen atoms in total. The van der Waals surface area contributed by atoms with E-state index in [2.05, 4.69) is 35.6 Å². The molecule has 0 aromatic heterocycles. The average molecular weight is 205 g/mol. The molecule has 1 aliphatic rings. The first-order valence-electron chi connectivity index (χ1n) is 5.77. The zero-order valence-corrected chi connectivity index (χ0v) is 9.11. The van der Waals surface area contributed by atoms with Crippen LogP contribution in [0.15, 0.2) is 30.3 Å². The van der Waals surface area contributed by atoms with Gasteiger partial charge in [0.1, 0.15) is 0 Å². The summed E-state index contributed by atoms with van der Waals surface area (Å²) in [6.07, 6.45) is 2.34. The molecule has 2 rings (SSSR count). The van der Waals surface area contributed by atoms with Crippen molar-refractivity contribution >= 4 is 0 Å². The first kappa shape index (κ1) is 10.7. The standard InChI is InChI=1S/C13H19NO/c1-2-4-12(5-3-1)6-8-14-10-13-7-9-15-11-13/h1-5,13-14H,6-11H2. The van der Waals surface area contributed by atoms with E-state index in [0.29, 0.717) is 0 Å². The summed E-state index contributed by atoms with van der Waals surface area (Å²) in [4.78, 5) is 0. The van der Waals surface area contributed by atoms with Gasteiger partial charge < -0.3 is 10.1 Å². The molecule has 0 spiro atoms. The topological polar surface area (TPSA) is 21.3 Å². The second kappa shape index (κ2) is 5.89. The summed E-state index contributed by atoms with van der Waals surface area (Å²) >= 11 is 0. The molecule has 1 saturated heterocycles. The minimum Gasteiger partial charge on any atom is -0.381 e. The van der Waals surface area contributed by atoms with E-state index in [1.807, 2.05) is 0 Å². The van der Waals surface area contributed by atoms with Crippen molar-refractivity contribution < 1.29 is 4.74 Å². The third kappa shape index (κ3) is 3.65. The average Bonchev–Trinajstić information content (AvgIpc) is 2.79. The van der Waals surface area contributed by atoms with Gasteiger partial charge in [-0.2, -0.15) is 0 Å². The summed E-state index contributed by atoms with van der Waals surface area (Å²) in [6, 6.07) is 10.6. The largest absolute Gasteiger partial charge is 0.381 e. The zero-order chi connectivity index (χ0) is 10.3. The van der Waals surface area contributed by atoms with Gasteiger partial charge in [0.25, 0.3) is 0 Å². The van der Waals surface area contributed by atoms with E-state index in [4.69, 9.17) is 4.74 Å². The Bertz CT molecular complexity index is 267. The molecule has 0 radical (unpaired) electrons. The van der Waals surface area contributed by atoms with Crippen molar-refractivity contribution in [2.75, 3.05) is 26.3 Å². The second-order valence-corrected chi connectivity index (χ2v) is 4.17. The van der Waals surface area contributed by atoms with Crippen LogP contribution < -0.4 is 5.32 Å². The molecule has 0 saturated carbocycles. The van der Waals surface area contributed by atoms with Crippen molar-refractivity contribution in [1.82, 2.24) is 5.32 Å². The summed E-state index contributed by atoms with van der Waals surface area (Å²) in [5.74, 6) is 0.737. The molecular formula is C13H19NO. The van der Waals surface area contributed by atoms with Crippen LogP contribution in [0.3, 0.4) is 0 Å². The summed E-state index contributed by atoms with van der Waals surface area (Å²) in [5.41, 5.74) is 1.41. The minimum absolute atomic E-state index is 0.737. The number of ether oxygens (including phenoxy) is 1. The Morgan fingerprint density at radius 3 is 2.87 bits per heavy atom. The van der Waals surface area contributed by atoms with Crippen LogP contribution in [0, 0.1) is 5.92 Å². The number of rotatable bonds is 5. The van der Waals surface area contributed by atoms with E-state index in [0.717, 1.165) is 38.6 Å². The van der Waals surface area contributed by atoms with E-state index in [1.165, 1.54) is 12.0 Å². The van der Waals surface area contributed by atoms with Crippen LogP contribution in [0.5, 0.6) is 0 Å². The fraction of sp³-hybridized carbons (Fsp3) is 0.538. The number of hydrogen-bond donors (Lipinski definition) is 1. The SMILES string of the molecule is c1ccc(CCNCC2CCOC2)cc1. The van der Waals surface area contributed by atoms with Gasteiger partial charge in [0.15, 0.2) is 0 Å². The molecule has 1 aromatic carbocycles. The molecule has 0 bridgehead atoms. The highest BCUT2D eigenvalue weighted by Crippen LogP contribution is 2.10. The lowest BCUT2D eigenvalue weighted by Gasteiger charge is -2.08. The molecule has 1 atom stereocenters. The van der Waals surface area contributed by atoms with Crippen LogP contribution in [0.1, 0.15) is 12.0 Å². The molecule has 1 heterocycles. The van der Waals surface area contributed by atoms with Gasteiger partial charge in [-0.15, -0.1) is 0 Å². The maximum Gasteiger partial charge on any atom is 0.0507 e. The summed E-state index contributed by atoms with van der Waals surface area (Å²) in [5, 5.41) is 3.50. The quantitative estimate of drug-likeness (QED) is 0.741. The normalized spacial score (nSPS) is 20.7. The molecule has 1 fully saturated rings. The first-order valence-corrected chi connectivity index (χ1v) is 5.77. The number of nitrogens with one attached hydrogen (secondary N) is 1. The number of benzene rings is 1. The van der Waals surface area contributed by atoms with Crippen LogP contribution in [0.2, 0.25) is 0 Å². The van der Waals surface area contributed by atoms with Crippen LogP contribution in [-0.2, 0) is 11.2 Å². The van der Waals surface area contributed by atoms with E-state index in [9.17, 15) is 0 Å². The maximum atomic E-state index is 5.33. The van der Waals surface area contributed by atoms with Gasteiger partial charge in [0.05, 0.1) is 6.61 Å². The Balaban J connectivity index is 1.59. The Morgan fingerprint density at radius 2 is 2.13 bits per heavy atom. The van der Waals surface area contributed by atoms with Gasteiger partial charge in [-0.1, -0.05) is 30.3 Å². The van der Waals surface area contributed by atoms with Crippen LogP contribution in [-0.4, -0.2) is 26.3 Å². The lowest BCUT2D eigenvalue weighted by atomic mass is 10.1. The molecule has 1 aromatic rings. The fourth-order valence-corrected chi connectivity index (χ4v) is 1.93. The van der Waals surface area contributed by atoms with Gasteiger partial charge in [0.2, 0.25) is 0 Å². The molecule has 1 unspecified atom stereocenters. The number of hydrogen-bond acceptors (Lipinski definition) is 2. The van der Waals surface area contributed by atoms with Crippen molar-refractivity contribution in [3.63, 3.8) is 0 Å². The van der Waals surface area contributed by atoms with Crippen molar-refractivity contribution in [2.24, 2.45) is 5.92 Å². The van der Waals surface area contributed by atoms with Crippen molar-refractivity contribution in [3.05, 3.63) is 35.9 Å². The molecule has 82 valence electrons. The van der Waals surface area contributed by atoms with Crippen LogP contribution in [0.25, 0.3) is 0 Å². The van der Waals surface area contributed by atoms with E-state index < -0.39 is 0 Å². The predicted octanol–water partition coefficient (Wildman–Crippen LogP) is 1.86. The summed E-state index contributed by atoms with van der Waals surface area (Å²) < 4.78 is 5.33. The van der Waals surface area contributed by atoms with E-state index in [-0.39, 0.29) is 0 Å². The second-order valence-electron chi connectivity index (χ2n) is 4.17. The highest BCUT2D eigenvalue weighted by Gasteiger charge is 2.14. The van der Waals surface area contributed by atoms with Crippen molar-refractivity contribution in [3.8, 4) is 0 Å². The highest BCUT2D eigenvalue weighted by molar-refractivity contribution is 5.14. The Hall–Kier alpha value is -0.860. The lowest BCUT2D eigenvalue weighted by molar-refractivity contribution is 0.185. The molecule has 15 heavy (non-hydrogen) atoms. The summed E-state index contributed by atoms with van der Waals surface area (Å²) in [7, 11) is 0. The highest BCUT2D eigenvalue weighted by atomic mass is 16.5. The van der Waals surface area contributed by atoms with Crippen molar-refractivity contribution in [2.45, 2.75) is 12.8 Å². The van der Waals surface area contributed by atoms with Gasteiger partial charge in [-0.3, -0.25) is 0 Å². The molecular weight excluding hydrogens is 186 g/mol. The molecule has 2 heteroatoms. The van der Waals surface area contributed by atoms with E-state index in [1.54, 1.807) is 0 Å². The Labute approximate surface area is 91.6 Å². The van der Waals surface area contributed by atoms with Gasteiger partial charge in [-0.05, 0) is 30.9 Å². The predicted molar refractivity (Wildman–Crippen MR) is 61.9 cm³/mol. The smallest absolute Gasteiger partial charge is 0.0507 e.